The van der Waals surface area contributed by atoms with Crippen LogP contribution in [0.4, 0.5) is 0 Å². The van der Waals surface area contributed by atoms with Crippen LogP contribution in [0.3, 0.4) is 0 Å². The van der Waals surface area contributed by atoms with Crippen molar-refractivity contribution in [3.8, 4) is 5.75 Å². The molecule has 0 saturated carbocycles. The minimum atomic E-state index is -3.86. The topological polar surface area (TPSA) is 63.2 Å². The second kappa shape index (κ2) is 12.9. The highest BCUT2D eigenvalue weighted by molar-refractivity contribution is 7.48. The first-order valence-electron chi connectivity index (χ1n) is 9.99. The fourth-order valence-corrected chi connectivity index (χ4v) is 3.65. The van der Waals surface area contributed by atoms with Gasteiger partial charge in [0.2, 0.25) is 0 Å². The van der Waals surface area contributed by atoms with Gasteiger partial charge in [0, 0.05) is 12.0 Å². The van der Waals surface area contributed by atoms with Gasteiger partial charge in [-0.05, 0) is 24.8 Å². The van der Waals surface area contributed by atoms with Crippen molar-refractivity contribution >= 4 is 18.6 Å². The average Bonchev–Trinajstić information content (AvgIpc) is 2.72. The zero-order valence-corrected chi connectivity index (χ0v) is 17.7. The molecule has 156 valence electrons. The van der Waals surface area contributed by atoms with Crippen molar-refractivity contribution in [2.24, 2.45) is 0 Å². The molecule has 0 aliphatic heterocycles. The zero-order valence-electron chi connectivity index (χ0n) is 16.8. The van der Waals surface area contributed by atoms with Crippen molar-refractivity contribution in [1.29, 1.82) is 0 Å². The SMILES string of the molecule is CCCCCCCOP(=O)(OCCOCC)OOc1cccc2ccccc12. The van der Waals surface area contributed by atoms with Gasteiger partial charge < -0.3 is 9.62 Å². The molecule has 0 amide bonds. The first-order valence-corrected chi connectivity index (χ1v) is 11.5. The lowest BCUT2D eigenvalue weighted by Gasteiger charge is -2.17. The molecular formula is C21H31O6P. The quantitative estimate of drug-likeness (QED) is 0.149. The third kappa shape index (κ3) is 7.90. The summed E-state index contributed by atoms with van der Waals surface area (Å²) < 4.78 is 34.1. The molecule has 0 fully saturated rings. The van der Waals surface area contributed by atoms with Gasteiger partial charge in [-0.25, -0.2) is 4.57 Å². The Hall–Kier alpha value is -1.43. The van der Waals surface area contributed by atoms with Crippen LogP contribution >= 0.6 is 7.82 Å². The van der Waals surface area contributed by atoms with E-state index in [9.17, 15) is 4.57 Å². The van der Waals surface area contributed by atoms with E-state index in [4.69, 9.17) is 23.3 Å². The first kappa shape index (κ1) is 22.9. The minimum absolute atomic E-state index is 0.0971. The van der Waals surface area contributed by atoms with E-state index in [1.165, 1.54) is 12.8 Å². The number of rotatable bonds is 15. The summed E-state index contributed by atoms with van der Waals surface area (Å²) in [6, 6.07) is 13.3. The summed E-state index contributed by atoms with van der Waals surface area (Å²) in [5.41, 5.74) is 0. The molecule has 2 rings (SSSR count). The van der Waals surface area contributed by atoms with Gasteiger partial charge in [-0.1, -0.05) is 73.7 Å². The molecule has 6 nitrogen and oxygen atoms in total. The van der Waals surface area contributed by atoms with Crippen LogP contribution < -0.4 is 4.89 Å². The summed E-state index contributed by atoms with van der Waals surface area (Å²) in [4.78, 5) is 5.38. The van der Waals surface area contributed by atoms with E-state index in [-0.39, 0.29) is 13.2 Å². The molecule has 0 aromatic heterocycles. The van der Waals surface area contributed by atoms with E-state index in [0.29, 0.717) is 19.0 Å². The Bertz CT molecular complexity index is 730. The van der Waals surface area contributed by atoms with Gasteiger partial charge in [0.1, 0.15) is 0 Å². The number of phosphoric acid groups is 1. The van der Waals surface area contributed by atoms with Crippen LogP contribution in [0.25, 0.3) is 10.8 Å². The summed E-state index contributed by atoms with van der Waals surface area (Å²) in [5, 5.41) is 1.85. The van der Waals surface area contributed by atoms with E-state index < -0.39 is 7.82 Å². The fourth-order valence-electron chi connectivity index (χ4n) is 2.67. The Kier molecular flexibility index (Phi) is 10.5. The number of hydrogen-bond acceptors (Lipinski definition) is 6. The van der Waals surface area contributed by atoms with Gasteiger partial charge in [0.05, 0.1) is 19.8 Å². The highest BCUT2D eigenvalue weighted by Crippen LogP contribution is 2.50. The average molecular weight is 410 g/mol. The molecule has 0 saturated heterocycles. The van der Waals surface area contributed by atoms with Crippen molar-refractivity contribution in [2.45, 2.75) is 46.0 Å². The number of unbranched alkanes of at least 4 members (excludes halogenated alkanes) is 4. The lowest BCUT2D eigenvalue weighted by atomic mass is 10.1. The van der Waals surface area contributed by atoms with Crippen LogP contribution in [-0.4, -0.2) is 26.4 Å². The number of phosphoric ester groups is 1. The molecule has 0 aliphatic carbocycles. The zero-order chi connectivity index (χ0) is 20.1. The lowest BCUT2D eigenvalue weighted by Crippen LogP contribution is -2.08. The summed E-state index contributed by atoms with van der Waals surface area (Å²) >= 11 is 0. The maximum atomic E-state index is 12.9. The largest absolute Gasteiger partial charge is 0.511 e. The maximum absolute atomic E-state index is 12.9. The summed E-state index contributed by atoms with van der Waals surface area (Å²) in [6.07, 6.45) is 5.28. The molecule has 28 heavy (non-hydrogen) atoms. The standard InChI is InChI=1S/C21H31O6P/c1-3-5-6-7-10-16-24-28(22,25-18-17-23-4-2)27-26-21-15-11-13-19-12-8-9-14-20(19)21/h8-9,11-15H,3-7,10,16-18H2,1-2H3. The van der Waals surface area contributed by atoms with Gasteiger partial charge in [0.25, 0.3) is 0 Å². The molecule has 0 aliphatic rings. The van der Waals surface area contributed by atoms with Gasteiger partial charge in [-0.15, -0.1) is 0 Å². The Morgan fingerprint density at radius 3 is 2.39 bits per heavy atom. The Morgan fingerprint density at radius 1 is 0.821 bits per heavy atom. The Labute approximate surface area is 167 Å². The normalized spacial score (nSPS) is 13.5. The Balaban J connectivity index is 1.94. The second-order valence-corrected chi connectivity index (χ2v) is 7.92. The van der Waals surface area contributed by atoms with Crippen LogP contribution in [0.1, 0.15) is 46.0 Å². The molecule has 0 spiro atoms. The molecule has 7 heteroatoms. The highest BCUT2D eigenvalue weighted by atomic mass is 31.2. The van der Waals surface area contributed by atoms with E-state index >= 15 is 0 Å². The molecule has 0 heterocycles. The van der Waals surface area contributed by atoms with E-state index in [0.717, 1.165) is 30.0 Å². The molecule has 1 unspecified atom stereocenters. The van der Waals surface area contributed by atoms with Gasteiger partial charge in [0.15, 0.2) is 5.75 Å². The van der Waals surface area contributed by atoms with Crippen LogP contribution in [0, 0.1) is 0 Å². The Morgan fingerprint density at radius 2 is 1.57 bits per heavy atom. The van der Waals surface area contributed by atoms with Crippen molar-refractivity contribution in [3.05, 3.63) is 42.5 Å². The highest BCUT2D eigenvalue weighted by Gasteiger charge is 2.29. The van der Waals surface area contributed by atoms with Crippen molar-refractivity contribution in [1.82, 2.24) is 0 Å². The van der Waals surface area contributed by atoms with E-state index in [2.05, 4.69) is 6.92 Å². The summed E-state index contributed by atoms with van der Waals surface area (Å²) in [7, 11) is -3.86. The van der Waals surface area contributed by atoms with Crippen LogP contribution in [0.15, 0.2) is 42.5 Å². The molecule has 0 bridgehead atoms. The molecule has 2 aromatic rings. The van der Waals surface area contributed by atoms with Crippen molar-refractivity contribution in [3.63, 3.8) is 0 Å². The van der Waals surface area contributed by atoms with Crippen LogP contribution in [0.2, 0.25) is 0 Å². The number of benzene rings is 2. The summed E-state index contributed by atoms with van der Waals surface area (Å²) in [6.45, 7) is 5.29. The van der Waals surface area contributed by atoms with Gasteiger partial charge in [-0.2, -0.15) is 0 Å². The maximum Gasteiger partial charge on any atom is 0.511 e. The van der Waals surface area contributed by atoms with Gasteiger partial charge in [-0.3, -0.25) is 9.05 Å². The summed E-state index contributed by atoms with van der Waals surface area (Å²) in [5.74, 6) is 0.457. The minimum Gasteiger partial charge on any atom is -0.379 e. The van der Waals surface area contributed by atoms with Crippen LogP contribution in [0.5, 0.6) is 5.75 Å². The molecule has 1 atom stereocenters. The van der Waals surface area contributed by atoms with Crippen molar-refractivity contribution < 1.29 is 27.9 Å². The van der Waals surface area contributed by atoms with E-state index in [1.807, 2.05) is 43.3 Å². The first-order chi connectivity index (χ1) is 13.7. The number of ether oxygens (including phenoxy) is 1. The van der Waals surface area contributed by atoms with Crippen LogP contribution in [-0.2, 0) is 23.0 Å². The number of fused-ring (bicyclic) bond motifs is 1. The van der Waals surface area contributed by atoms with Gasteiger partial charge >= 0.3 is 7.82 Å². The second-order valence-electron chi connectivity index (χ2n) is 6.36. The molecule has 0 radical (unpaired) electrons. The monoisotopic (exact) mass is 410 g/mol. The van der Waals surface area contributed by atoms with E-state index in [1.54, 1.807) is 6.07 Å². The predicted octanol–water partition coefficient (Wildman–Crippen LogP) is 6.30. The predicted molar refractivity (Wildman–Crippen MR) is 110 cm³/mol. The fraction of sp³-hybridized carbons (Fsp3) is 0.524. The molecule has 2 aromatic carbocycles. The third-order valence-electron chi connectivity index (χ3n) is 4.15. The smallest absolute Gasteiger partial charge is 0.379 e. The molecule has 0 N–H and O–H groups in total. The van der Waals surface area contributed by atoms with Crippen molar-refractivity contribution in [2.75, 3.05) is 26.4 Å². The lowest BCUT2D eigenvalue weighted by molar-refractivity contribution is -0.132. The third-order valence-corrected chi connectivity index (χ3v) is 5.40. The number of hydrogen-bond donors (Lipinski definition) is 0. The molecular weight excluding hydrogens is 379 g/mol.